The maximum Gasteiger partial charge on any atom is 0.328 e. The molecule has 2 N–H and O–H groups in total. The first-order chi connectivity index (χ1) is 9.97. The fraction of sp³-hybridized carbons (Fsp3) is 0. The van der Waals surface area contributed by atoms with Crippen LogP contribution in [0.1, 0.15) is 5.56 Å². The molecule has 0 saturated heterocycles. The molecule has 2 aromatic heterocycles. The van der Waals surface area contributed by atoms with Gasteiger partial charge in [-0.15, -0.1) is 5.10 Å². The Morgan fingerprint density at radius 2 is 2.10 bits per heavy atom. The van der Waals surface area contributed by atoms with E-state index in [1.807, 2.05) is 0 Å². The molecule has 0 bridgehead atoms. The average Bonchev–Trinajstić information content (AvgIpc) is 2.46. The Morgan fingerprint density at radius 3 is 2.76 bits per heavy atom. The van der Waals surface area contributed by atoms with E-state index < -0.39 is 16.0 Å². The Morgan fingerprint density at radius 1 is 1.29 bits per heavy atom. The van der Waals surface area contributed by atoms with Crippen molar-refractivity contribution in [2.45, 2.75) is 4.90 Å². The summed E-state index contributed by atoms with van der Waals surface area (Å²) in [7, 11) is -3.93. The minimum atomic E-state index is -3.93. The number of nitrogens with one attached hydrogen (secondary N) is 1. The molecular formula is C11H9N5O4S. The van der Waals surface area contributed by atoms with Crippen molar-refractivity contribution in [3.63, 3.8) is 0 Å². The van der Waals surface area contributed by atoms with Crippen molar-refractivity contribution in [1.29, 1.82) is 0 Å². The van der Waals surface area contributed by atoms with Crippen molar-refractivity contribution in [2.75, 3.05) is 4.72 Å². The number of hydrogen-bond acceptors (Lipinski definition) is 7. The highest BCUT2D eigenvalue weighted by Gasteiger charge is 2.16. The molecule has 0 amide bonds. The van der Waals surface area contributed by atoms with Gasteiger partial charge in [0.15, 0.2) is 0 Å². The lowest BCUT2D eigenvalue weighted by Crippen LogP contribution is -2.15. The third kappa shape index (κ3) is 4.04. The Kier molecular flexibility index (Phi) is 4.18. The molecule has 0 aliphatic carbocycles. The summed E-state index contributed by atoms with van der Waals surface area (Å²) in [6.07, 6.45) is 7.15. The fourth-order valence-electron chi connectivity index (χ4n) is 1.31. The molecule has 0 aliphatic rings. The topological polar surface area (TPSA) is 135 Å². The third-order valence-electron chi connectivity index (χ3n) is 2.17. The molecule has 108 valence electrons. The molecule has 10 heteroatoms. The van der Waals surface area contributed by atoms with E-state index in [-0.39, 0.29) is 10.8 Å². The zero-order valence-electron chi connectivity index (χ0n) is 10.4. The summed E-state index contributed by atoms with van der Waals surface area (Å²) < 4.78 is 26.3. The molecule has 21 heavy (non-hydrogen) atoms. The second-order valence-electron chi connectivity index (χ2n) is 3.70. The number of sulfonamides is 1. The second kappa shape index (κ2) is 6.05. The number of pyridine rings is 1. The predicted molar refractivity (Wildman–Crippen MR) is 71.5 cm³/mol. The molecule has 0 radical (unpaired) electrons. The molecule has 0 fully saturated rings. The van der Waals surface area contributed by atoms with Gasteiger partial charge in [0.1, 0.15) is 4.90 Å². The number of anilines is 1. The van der Waals surface area contributed by atoms with Crippen molar-refractivity contribution >= 4 is 28.0 Å². The van der Waals surface area contributed by atoms with Gasteiger partial charge in [0.25, 0.3) is 16.0 Å². The summed E-state index contributed by atoms with van der Waals surface area (Å²) in [4.78, 5) is 17.7. The van der Waals surface area contributed by atoms with Crippen molar-refractivity contribution in [1.82, 2.24) is 20.2 Å². The van der Waals surface area contributed by atoms with E-state index in [0.29, 0.717) is 5.56 Å². The van der Waals surface area contributed by atoms with Gasteiger partial charge in [0, 0.05) is 18.5 Å². The molecule has 0 unspecified atom stereocenters. The number of aliphatic carboxylic acids is 1. The number of carbonyl (C=O) groups is 1. The lowest BCUT2D eigenvalue weighted by atomic mass is 10.2. The van der Waals surface area contributed by atoms with Gasteiger partial charge in [-0.25, -0.2) is 22.9 Å². The molecular weight excluding hydrogens is 298 g/mol. The second-order valence-corrected chi connectivity index (χ2v) is 5.38. The van der Waals surface area contributed by atoms with Gasteiger partial charge < -0.3 is 5.11 Å². The van der Waals surface area contributed by atoms with E-state index >= 15 is 0 Å². The van der Waals surface area contributed by atoms with Crippen LogP contribution in [-0.2, 0) is 14.8 Å². The molecule has 0 atom stereocenters. The van der Waals surface area contributed by atoms with E-state index in [4.69, 9.17) is 5.11 Å². The number of aromatic nitrogens is 4. The van der Waals surface area contributed by atoms with Crippen LogP contribution in [0.4, 0.5) is 5.95 Å². The van der Waals surface area contributed by atoms with Gasteiger partial charge in [-0.05, 0) is 17.7 Å². The van der Waals surface area contributed by atoms with Gasteiger partial charge >= 0.3 is 5.97 Å². The first-order valence-electron chi connectivity index (χ1n) is 5.50. The lowest BCUT2D eigenvalue weighted by Gasteiger charge is -2.05. The molecule has 0 aromatic carbocycles. The van der Waals surface area contributed by atoms with Crippen LogP contribution in [-0.4, -0.2) is 39.7 Å². The van der Waals surface area contributed by atoms with E-state index in [1.54, 1.807) is 0 Å². The van der Waals surface area contributed by atoms with Crippen LogP contribution in [0.3, 0.4) is 0 Å². The van der Waals surface area contributed by atoms with Crippen LogP contribution >= 0.6 is 0 Å². The van der Waals surface area contributed by atoms with Gasteiger partial charge in [-0.3, -0.25) is 4.98 Å². The van der Waals surface area contributed by atoms with E-state index in [1.165, 1.54) is 30.7 Å². The Hall–Kier alpha value is -2.88. The summed E-state index contributed by atoms with van der Waals surface area (Å²) in [5.74, 6) is -1.32. The van der Waals surface area contributed by atoms with Gasteiger partial charge in [0.2, 0.25) is 0 Å². The fourth-order valence-corrected chi connectivity index (χ4v) is 2.26. The molecule has 0 saturated carbocycles. The highest BCUT2D eigenvalue weighted by atomic mass is 32.2. The number of nitrogens with zero attached hydrogens (tertiary/aromatic N) is 4. The number of carboxylic acid groups (broad SMARTS) is 1. The molecule has 0 aliphatic heterocycles. The van der Waals surface area contributed by atoms with Crippen LogP contribution in [0.15, 0.2) is 41.8 Å². The summed E-state index contributed by atoms with van der Waals surface area (Å²) in [6.45, 7) is 0. The Balaban J connectivity index is 2.28. The quantitative estimate of drug-likeness (QED) is 0.746. The highest BCUT2D eigenvalue weighted by Crippen LogP contribution is 2.13. The average molecular weight is 307 g/mol. The predicted octanol–water partition coefficient (Wildman–Crippen LogP) is 0.165. The van der Waals surface area contributed by atoms with Crippen molar-refractivity contribution in [3.05, 3.63) is 42.5 Å². The molecule has 2 aromatic rings. The molecule has 2 rings (SSSR count). The summed E-state index contributed by atoms with van der Waals surface area (Å²) in [6, 6.07) is 1.27. The lowest BCUT2D eigenvalue weighted by molar-refractivity contribution is -0.131. The minimum Gasteiger partial charge on any atom is -0.478 e. The van der Waals surface area contributed by atoms with Crippen LogP contribution in [0, 0.1) is 0 Å². The molecule has 0 spiro atoms. The summed E-state index contributed by atoms with van der Waals surface area (Å²) >= 11 is 0. The SMILES string of the molecule is O=C(O)/C=C/c1cncc(S(=O)(=O)Nc2nccnn2)c1. The van der Waals surface area contributed by atoms with E-state index in [9.17, 15) is 13.2 Å². The first-order valence-corrected chi connectivity index (χ1v) is 6.98. The maximum absolute atomic E-state index is 12.1. The van der Waals surface area contributed by atoms with Crippen LogP contribution in [0.5, 0.6) is 0 Å². The van der Waals surface area contributed by atoms with Crippen LogP contribution in [0.25, 0.3) is 6.08 Å². The minimum absolute atomic E-state index is 0.150. The van der Waals surface area contributed by atoms with Crippen LogP contribution < -0.4 is 4.72 Å². The smallest absolute Gasteiger partial charge is 0.328 e. The molecule has 9 nitrogen and oxygen atoms in total. The third-order valence-corrected chi connectivity index (χ3v) is 3.47. The zero-order chi connectivity index (χ0) is 15.3. The highest BCUT2D eigenvalue weighted by molar-refractivity contribution is 7.92. The largest absolute Gasteiger partial charge is 0.478 e. The zero-order valence-corrected chi connectivity index (χ0v) is 11.2. The van der Waals surface area contributed by atoms with Gasteiger partial charge in [-0.1, -0.05) is 0 Å². The normalized spacial score (nSPS) is 11.4. The number of carboxylic acids is 1. The van der Waals surface area contributed by atoms with E-state index in [0.717, 1.165) is 12.3 Å². The first kappa shape index (κ1) is 14.5. The number of hydrogen-bond donors (Lipinski definition) is 2. The standard InChI is InChI=1S/C11H9N5O4S/c17-10(18)2-1-8-5-9(7-12-6-8)21(19,20)16-11-13-3-4-14-15-11/h1-7H,(H,17,18)(H,13,15,16)/b2-1+. The molecule has 2 heterocycles. The maximum atomic E-state index is 12.1. The summed E-state index contributed by atoms with van der Waals surface area (Å²) in [5.41, 5.74) is 0.326. The van der Waals surface area contributed by atoms with Crippen molar-refractivity contribution in [3.8, 4) is 0 Å². The van der Waals surface area contributed by atoms with Gasteiger partial charge in [-0.2, -0.15) is 5.10 Å². The summed E-state index contributed by atoms with van der Waals surface area (Å²) in [5, 5.41) is 15.5. The van der Waals surface area contributed by atoms with Gasteiger partial charge in [0.05, 0.1) is 12.4 Å². The van der Waals surface area contributed by atoms with Crippen molar-refractivity contribution < 1.29 is 18.3 Å². The van der Waals surface area contributed by atoms with E-state index in [2.05, 4.69) is 24.9 Å². The van der Waals surface area contributed by atoms with Crippen molar-refractivity contribution in [2.24, 2.45) is 0 Å². The number of rotatable bonds is 5. The van der Waals surface area contributed by atoms with Crippen LogP contribution in [0.2, 0.25) is 0 Å². The Labute approximate surface area is 119 Å². The monoisotopic (exact) mass is 307 g/mol. The Bertz CT molecular complexity index is 776.